The summed E-state index contributed by atoms with van der Waals surface area (Å²) >= 11 is 0. The highest BCUT2D eigenvalue weighted by Gasteiger charge is 1.99. The zero-order valence-electron chi connectivity index (χ0n) is 8.83. The highest BCUT2D eigenvalue weighted by molar-refractivity contribution is 5.89. The van der Waals surface area contributed by atoms with Crippen molar-refractivity contribution in [2.75, 3.05) is 14.2 Å². The second kappa shape index (κ2) is 5.01. The van der Waals surface area contributed by atoms with Gasteiger partial charge in [-0.05, 0) is 13.0 Å². The minimum Gasteiger partial charge on any atom is -0.481 e. The number of pyridine rings is 1. The van der Waals surface area contributed by atoms with E-state index in [1.165, 1.54) is 7.11 Å². The van der Waals surface area contributed by atoms with E-state index in [9.17, 15) is 4.79 Å². The first-order chi connectivity index (χ1) is 7.17. The number of hydrogen-bond acceptors (Lipinski definition) is 4. The molecule has 0 unspecified atom stereocenters. The van der Waals surface area contributed by atoms with Gasteiger partial charge in [-0.1, -0.05) is 5.92 Å². The number of methoxy groups -OCH3 is 2. The number of nitrogens with zero attached hydrogens (tertiary/aromatic N) is 1. The van der Waals surface area contributed by atoms with Crippen LogP contribution < -0.4 is 4.74 Å². The Hall–Kier alpha value is -2.02. The Balaban J connectivity index is 2.95. The molecule has 78 valence electrons. The molecule has 0 aliphatic heterocycles. The summed E-state index contributed by atoms with van der Waals surface area (Å²) in [5, 5.41) is 0. The Morgan fingerprint density at radius 2 is 2.13 bits per heavy atom. The Bertz CT molecular complexity index is 429. The van der Waals surface area contributed by atoms with Crippen molar-refractivity contribution in [1.82, 2.24) is 4.98 Å². The van der Waals surface area contributed by atoms with E-state index < -0.39 is 5.97 Å². The molecule has 0 bridgehead atoms. The summed E-state index contributed by atoms with van der Waals surface area (Å²) in [6, 6.07) is 3.44. The lowest BCUT2D eigenvalue weighted by Gasteiger charge is -2.00. The van der Waals surface area contributed by atoms with E-state index in [1.807, 2.05) is 0 Å². The molecule has 1 aromatic heterocycles. The number of carbonyl (C=O) groups excluding carboxylic acids is 1. The predicted octanol–water partition coefficient (Wildman–Crippen LogP) is 0.923. The summed E-state index contributed by atoms with van der Waals surface area (Å²) < 4.78 is 9.34. The third kappa shape index (κ3) is 2.99. The quantitative estimate of drug-likeness (QED) is 0.505. The van der Waals surface area contributed by atoms with Crippen molar-refractivity contribution in [2.45, 2.75) is 6.92 Å². The lowest BCUT2D eigenvalue weighted by Crippen LogP contribution is -1.96. The molecular formula is C11H11NO3. The highest BCUT2D eigenvalue weighted by atomic mass is 16.5. The fraction of sp³-hybridized carbons (Fsp3) is 0.273. The molecule has 4 heteroatoms. The van der Waals surface area contributed by atoms with Crippen LogP contribution >= 0.6 is 0 Å². The minimum atomic E-state index is -0.565. The number of aryl methyl sites for hydroxylation is 1. The lowest BCUT2D eigenvalue weighted by molar-refractivity contribution is -0.133. The number of ether oxygens (including phenoxy) is 2. The SMILES string of the molecule is COC(=O)C#Cc1ccc(OC)nc1C. The van der Waals surface area contributed by atoms with E-state index in [1.54, 1.807) is 26.2 Å². The second-order valence-corrected chi connectivity index (χ2v) is 2.73. The molecule has 15 heavy (non-hydrogen) atoms. The third-order valence-corrected chi connectivity index (χ3v) is 1.75. The van der Waals surface area contributed by atoms with Gasteiger partial charge >= 0.3 is 5.97 Å². The maximum absolute atomic E-state index is 10.8. The molecule has 0 aromatic carbocycles. The zero-order chi connectivity index (χ0) is 11.3. The van der Waals surface area contributed by atoms with Crippen molar-refractivity contribution in [2.24, 2.45) is 0 Å². The van der Waals surface area contributed by atoms with Gasteiger partial charge in [0, 0.05) is 17.6 Å². The summed E-state index contributed by atoms with van der Waals surface area (Å²) in [7, 11) is 2.83. The Morgan fingerprint density at radius 3 is 2.67 bits per heavy atom. The largest absolute Gasteiger partial charge is 0.481 e. The molecular weight excluding hydrogens is 194 g/mol. The van der Waals surface area contributed by atoms with Crippen LogP contribution in [0.2, 0.25) is 0 Å². The molecule has 1 rings (SSSR count). The molecule has 4 nitrogen and oxygen atoms in total. The second-order valence-electron chi connectivity index (χ2n) is 2.73. The third-order valence-electron chi connectivity index (χ3n) is 1.75. The van der Waals surface area contributed by atoms with Gasteiger partial charge in [0.25, 0.3) is 0 Å². The van der Waals surface area contributed by atoms with Crippen LogP contribution in [0.5, 0.6) is 5.88 Å². The maximum atomic E-state index is 10.8. The first kappa shape index (κ1) is 11.1. The van der Waals surface area contributed by atoms with Crippen LogP contribution in [0.15, 0.2) is 12.1 Å². The Morgan fingerprint density at radius 1 is 1.40 bits per heavy atom. The first-order valence-electron chi connectivity index (χ1n) is 4.29. The van der Waals surface area contributed by atoms with E-state index in [2.05, 4.69) is 21.6 Å². The maximum Gasteiger partial charge on any atom is 0.384 e. The molecule has 0 radical (unpaired) electrons. The van der Waals surface area contributed by atoms with Crippen LogP contribution in [0.3, 0.4) is 0 Å². The number of carbonyl (C=O) groups is 1. The molecule has 0 saturated carbocycles. The number of aromatic nitrogens is 1. The molecule has 0 aliphatic rings. The van der Waals surface area contributed by atoms with E-state index in [0.717, 1.165) is 0 Å². The van der Waals surface area contributed by atoms with Crippen molar-refractivity contribution < 1.29 is 14.3 Å². The summed E-state index contributed by atoms with van der Waals surface area (Å²) in [4.78, 5) is 14.9. The van der Waals surface area contributed by atoms with Gasteiger partial charge in [0.2, 0.25) is 5.88 Å². The molecule has 1 heterocycles. The topological polar surface area (TPSA) is 48.4 Å². The number of hydrogen-bond donors (Lipinski definition) is 0. The van der Waals surface area contributed by atoms with Gasteiger partial charge < -0.3 is 9.47 Å². The minimum absolute atomic E-state index is 0.524. The summed E-state index contributed by atoms with van der Waals surface area (Å²) in [5.41, 5.74) is 1.40. The van der Waals surface area contributed by atoms with Crippen LogP contribution in [-0.2, 0) is 9.53 Å². The van der Waals surface area contributed by atoms with E-state index >= 15 is 0 Å². The van der Waals surface area contributed by atoms with Gasteiger partial charge in [-0.15, -0.1) is 0 Å². The number of esters is 1. The molecule has 0 atom stereocenters. The molecule has 0 spiro atoms. The first-order valence-corrected chi connectivity index (χ1v) is 4.29. The van der Waals surface area contributed by atoms with Crippen LogP contribution in [0.4, 0.5) is 0 Å². The van der Waals surface area contributed by atoms with E-state index in [0.29, 0.717) is 17.1 Å². The molecule has 0 saturated heterocycles. The van der Waals surface area contributed by atoms with Gasteiger partial charge in [0.05, 0.1) is 19.9 Å². The van der Waals surface area contributed by atoms with Crippen molar-refractivity contribution in [3.05, 3.63) is 23.4 Å². The fourth-order valence-electron chi connectivity index (χ4n) is 0.953. The van der Waals surface area contributed by atoms with Crippen LogP contribution in [-0.4, -0.2) is 25.2 Å². The van der Waals surface area contributed by atoms with Gasteiger partial charge in [-0.3, -0.25) is 0 Å². The molecule has 1 aromatic rings. The van der Waals surface area contributed by atoms with Crippen LogP contribution in [0.1, 0.15) is 11.3 Å². The van der Waals surface area contributed by atoms with E-state index in [4.69, 9.17) is 4.74 Å². The van der Waals surface area contributed by atoms with Crippen LogP contribution in [0.25, 0.3) is 0 Å². The van der Waals surface area contributed by atoms with Gasteiger partial charge in [0.15, 0.2) is 0 Å². The molecule has 0 amide bonds. The number of rotatable bonds is 1. The predicted molar refractivity (Wildman–Crippen MR) is 54.4 cm³/mol. The van der Waals surface area contributed by atoms with Gasteiger partial charge in [0.1, 0.15) is 0 Å². The Labute approximate surface area is 88.2 Å². The molecule has 0 fully saturated rings. The van der Waals surface area contributed by atoms with Crippen molar-refractivity contribution in [3.8, 4) is 17.7 Å². The normalized spacial score (nSPS) is 8.73. The van der Waals surface area contributed by atoms with Gasteiger partial charge in [-0.2, -0.15) is 0 Å². The monoisotopic (exact) mass is 205 g/mol. The zero-order valence-corrected chi connectivity index (χ0v) is 8.83. The lowest BCUT2D eigenvalue weighted by atomic mass is 10.2. The average molecular weight is 205 g/mol. The van der Waals surface area contributed by atoms with Gasteiger partial charge in [-0.25, -0.2) is 9.78 Å². The van der Waals surface area contributed by atoms with E-state index in [-0.39, 0.29) is 0 Å². The Kier molecular flexibility index (Phi) is 3.69. The summed E-state index contributed by atoms with van der Waals surface area (Å²) in [5.74, 6) is 4.97. The van der Waals surface area contributed by atoms with Crippen molar-refractivity contribution in [3.63, 3.8) is 0 Å². The standard InChI is InChI=1S/C11H11NO3/c1-8-9(5-7-11(13)15-3)4-6-10(12-8)14-2/h4,6H,1-3H3. The summed E-state index contributed by atoms with van der Waals surface area (Å²) in [6.07, 6.45) is 0. The van der Waals surface area contributed by atoms with Crippen LogP contribution in [0, 0.1) is 18.8 Å². The van der Waals surface area contributed by atoms with Crippen molar-refractivity contribution >= 4 is 5.97 Å². The smallest absolute Gasteiger partial charge is 0.384 e. The molecule has 0 N–H and O–H groups in total. The summed E-state index contributed by atoms with van der Waals surface area (Å²) in [6.45, 7) is 1.80. The highest BCUT2D eigenvalue weighted by Crippen LogP contribution is 2.10. The van der Waals surface area contributed by atoms with Crippen molar-refractivity contribution in [1.29, 1.82) is 0 Å². The molecule has 0 aliphatic carbocycles. The average Bonchev–Trinajstić information content (AvgIpc) is 2.26. The fourth-order valence-corrected chi connectivity index (χ4v) is 0.953.